The average Bonchev–Trinajstić information content (AvgIpc) is 2.64. The summed E-state index contributed by atoms with van der Waals surface area (Å²) in [4.78, 5) is 12.5. The maximum absolute atomic E-state index is 12.5. The van der Waals surface area contributed by atoms with Crippen LogP contribution in [-0.4, -0.2) is 16.0 Å². The summed E-state index contributed by atoms with van der Waals surface area (Å²) < 4.78 is 5.88. The molecule has 0 aliphatic carbocycles. The third-order valence-corrected chi connectivity index (χ3v) is 3.92. The molecule has 0 atom stereocenters. The number of hydrogen-bond donors (Lipinski definition) is 2. The number of para-hydroxylation sites is 1. The Morgan fingerprint density at radius 2 is 1.68 bits per heavy atom. The molecule has 3 aromatic carbocycles. The molecule has 2 N–H and O–H groups in total. The van der Waals surface area contributed by atoms with E-state index >= 15 is 0 Å². The van der Waals surface area contributed by atoms with Gasteiger partial charge in [-0.3, -0.25) is 4.79 Å². The van der Waals surface area contributed by atoms with Crippen molar-refractivity contribution in [2.75, 3.05) is 0 Å². The Labute approximate surface area is 146 Å². The molecule has 0 unspecified atom stereocenters. The van der Waals surface area contributed by atoms with Crippen LogP contribution in [0.2, 0.25) is 0 Å². The number of carbonyl (C=O) groups excluding carboxylic acids is 1. The number of benzene rings is 3. The third-order valence-electron chi connectivity index (χ3n) is 3.92. The second kappa shape index (κ2) is 7.09. The molecule has 126 valence electrons. The maximum Gasteiger partial charge on any atom is 0.196 e. The Kier molecular flexibility index (Phi) is 4.70. The van der Waals surface area contributed by atoms with Gasteiger partial charge in [-0.15, -0.1) is 0 Å². The predicted molar refractivity (Wildman–Crippen MR) is 95.5 cm³/mol. The Balaban J connectivity index is 1.82. The number of ketones is 1. The van der Waals surface area contributed by atoms with Gasteiger partial charge in [-0.1, -0.05) is 25.1 Å². The first-order chi connectivity index (χ1) is 12.1. The van der Waals surface area contributed by atoms with E-state index in [-0.39, 0.29) is 22.8 Å². The topological polar surface area (TPSA) is 66.8 Å². The van der Waals surface area contributed by atoms with E-state index in [1.807, 2.05) is 24.3 Å². The Morgan fingerprint density at radius 3 is 2.40 bits per heavy atom. The number of phenols is 2. The van der Waals surface area contributed by atoms with Gasteiger partial charge in [0.05, 0.1) is 5.56 Å². The highest BCUT2D eigenvalue weighted by molar-refractivity contribution is 6.10. The van der Waals surface area contributed by atoms with Crippen molar-refractivity contribution in [3.63, 3.8) is 0 Å². The number of aromatic hydroxyl groups is 2. The van der Waals surface area contributed by atoms with Crippen molar-refractivity contribution in [1.82, 2.24) is 0 Å². The summed E-state index contributed by atoms with van der Waals surface area (Å²) in [5.74, 6) is 0.804. The van der Waals surface area contributed by atoms with Gasteiger partial charge in [0.1, 0.15) is 23.0 Å². The lowest BCUT2D eigenvalue weighted by molar-refractivity contribution is 0.103. The van der Waals surface area contributed by atoms with Crippen molar-refractivity contribution in [3.8, 4) is 23.0 Å². The summed E-state index contributed by atoms with van der Waals surface area (Å²) in [6.07, 6.45) is 0.865. The molecule has 0 bridgehead atoms. The van der Waals surface area contributed by atoms with Crippen molar-refractivity contribution in [1.29, 1.82) is 0 Å². The Bertz CT molecular complexity index is 898. The van der Waals surface area contributed by atoms with Crippen LogP contribution in [-0.2, 0) is 6.42 Å². The minimum atomic E-state index is -0.367. The maximum atomic E-state index is 12.5. The number of hydrogen-bond acceptors (Lipinski definition) is 4. The average molecular weight is 334 g/mol. The van der Waals surface area contributed by atoms with E-state index in [1.165, 1.54) is 18.2 Å². The molecule has 0 heterocycles. The molecule has 0 saturated carbocycles. The van der Waals surface area contributed by atoms with Gasteiger partial charge in [-0.05, 0) is 60.5 Å². The highest BCUT2D eigenvalue weighted by Gasteiger charge is 2.14. The van der Waals surface area contributed by atoms with Crippen LogP contribution in [0.25, 0.3) is 0 Å². The number of aryl methyl sites for hydroxylation is 1. The zero-order valence-corrected chi connectivity index (χ0v) is 13.8. The lowest BCUT2D eigenvalue weighted by Crippen LogP contribution is -2.01. The highest BCUT2D eigenvalue weighted by Crippen LogP contribution is 2.28. The lowest BCUT2D eigenvalue weighted by atomic mass is 10.0. The molecular weight excluding hydrogens is 316 g/mol. The molecule has 0 aromatic heterocycles. The van der Waals surface area contributed by atoms with Gasteiger partial charge < -0.3 is 14.9 Å². The van der Waals surface area contributed by atoms with Crippen molar-refractivity contribution in [2.45, 2.75) is 13.3 Å². The van der Waals surface area contributed by atoms with Crippen molar-refractivity contribution in [3.05, 3.63) is 83.4 Å². The zero-order chi connectivity index (χ0) is 17.8. The number of rotatable bonds is 5. The van der Waals surface area contributed by atoms with E-state index in [0.717, 1.165) is 17.7 Å². The molecule has 0 radical (unpaired) electrons. The fraction of sp³-hybridized carbons (Fsp3) is 0.0952. The molecular formula is C21H18O4. The highest BCUT2D eigenvalue weighted by atomic mass is 16.5. The molecule has 0 saturated heterocycles. The number of carbonyl (C=O) groups is 1. The van der Waals surface area contributed by atoms with Crippen LogP contribution >= 0.6 is 0 Å². The standard InChI is InChI=1S/C21H18O4/c1-2-14-5-3-4-6-20(14)25-17-10-7-15(8-11-17)21(24)18-13-16(22)9-12-19(18)23/h3-13,22-23H,2H2,1H3. The van der Waals surface area contributed by atoms with E-state index < -0.39 is 0 Å². The van der Waals surface area contributed by atoms with Crippen LogP contribution in [0.5, 0.6) is 23.0 Å². The predicted octanol–water partition coefficient (Wildman–Crippen LogP) is 4.68. The minimum absolute atomic E-state index is 0.0602. The molecule has 0 spiro atoms. The van der Waals surface area contributed by atoms with E-state index in [1.54, 1.807) is 24.3 Å². The summed E-state index contributed by atoms with van der Waals surface area (Å²) in [6, 6.07) is 18.4. The molecule has 0 aliphatic rings. The van der Waals surface area contributed by atoms with E-state index in [9.17, 15) is 15.0 Å². The molecule has 0 aliphatic heterocycles. The summed E-state index contributed by atoms with van der Waals surface area (Å²) in [7, 11) is 0. The van der Waals surface area contributed by atoms with E-state index in [2.05, 4.69) is 6.92 Å². The summed E-state index contributed by atoms with van der Waals surface area (Å²) in [5, 5.41) is 19.3. The summed E-state index contributed by atoms with van der Waals surface area (Å²) >= 11 is 0. The van der Waals surface area contributed by atoms with Gasteiger partial charge in [-0.2, -0.15) is 0 Å². The monoisotopic (exact) mass is 334 g/mol. The van der Waals surface area contributed by atoms with Gasteiger partial charge in [-0.25, -0.2) is 0 Å². The second-order valence-corrected chi connectivity index (χ2v) is 5.62. The van der Waals surface area contributed by atoms with Crippen LogP contribution in [0.4, 0.5) is 0 Å². The largest absolute Gasteiger partial charge is 0.508 e. The first-order valence-corrected chi connectivity index (χ1v) is 8.01. The van der Waals surface area contributed by atoms with Crippen LogP contribution in [0.3, 0.4) is 0 Å². The first-order valence-electron chi connectivity index (χ1n) is 8.01. The summed E-state index contributed by atoms with van der Waals surface area (Å²) in [6.45, 7) is 2.06. The van der Waals surface area contributed by atoms with Gasteiger partial charge in [0.15, 0.2) is 5.78 Å². The molecule has 0 amide bonds. The Morgan fingerprint density at radius 1 is 0.960 bits per heavy atom. The fourth-order valence-corrected chi connectivity index (χ4v) is 2.56. The van der Waals surface area contributed by atoms with Crippen LogP contribution < -0.4 is 4.74 Å². The van der Waals surface area contributed by atoms with Gasteiger partial charge in [0, 0.05) is 5.56 Å². The molecule has 4 heteroatoms. The third kappa shape index (κ3) is 3.63. The summed E-state index contributed by atoms with van der Waals surface area (Å²) in [5.41, 5.74) is 1.56. The van der Waals surface area contributed by atoms with Crippen molar-refractivity contribution < 1.29 is 19.7 Å². The lowest BCUT2D eigenvalue weighted by Gasteiger charge is -2.10. The van der Waals surface area contributed by atoms with Crippen LogP contribution in [0.15, 0.2) is 66.7 Å². The molecule has 3 rings (SSSR count). The normalized spacial score (nSPS) is 10.4. The Hall–Kier alpha value is -3.27. The minimum Gasteiger partial charge on any atom is -0.508 e. The SMILES string of the molecule is CCc1ccccc1Oc1ccc(C(=O)c2cc(O)ccc2O)cc1. The fourth-order valence-electron chi connectivity index (χ4n) is 2.56. The molecule has 4 nitrogen and oxygen atoms in total. The first kappa shape index (κ1) is 16.6. The van der Waals surface area contributed by atoms with Crippen LogP contribution in [0, 0.1) is 0 Å². The van der Waals surface area contributed by atoms with E-state index in [0.29, 0.717) is 11.3 Å². The second-order valence-electron chi connectivity index (χ2n) is 5.62. The zero-order valence-electron chi connectivity index (χ0n) is 13.8. The van der Waals surface area contributed by atoms with Gasteiger partial charge in [0.2, 0.25) is 0 Å². The van der Waals surface area contributed by atoms with Gasteiger partial charge >= 0.3 is 0 Å². The quantitative estimate of drug-likeness (QED) is 0.525. The van der Waals surface area contributed by atoms with Crippen molar-refractivity contribution in [2.24, 2.45) is 0 Å². The van der Waals surface area contributed by atoms with Gasteiger partial charge in [0.25, 0.3) is 0 Å². The number of ether oxygens (including phenoxy) is 1. The molecule has 0 fully saturated rings. The smallest absolute Gasteiger partial charge is 0.196 e. The van der Waals surface area contributed by atoms with E-state index in [4.69, 9.17) is 4.74 Å². The molecule has 25 heavy (non-hydrogen) atoms. The van der Waals surface area contributed by atoms with Crippen molar-refractivity contribution >= 4 is 5.78 Å². The van der Waals surface area contributed by atoms with Crippen LogP contribution in [0.1, 0.15) is 28.4 Å². The molecule has 3 aromatic rings. The number of phenolic OH excluding ortho intramolecular Hbond substituents is 2.